The quantitative estimate of drug-likeness (QED) is 0.689. The summed E-state index contributed by atoms with van der Waals surface area (Å²) in [7, 11) is 0. The fraction of sp³-hybridized carbons (Fsp3) is 0.211. The highest BCUT2D eigenvalue weighted by atomic mass is 35.5. The molecule has 22 heavy (non-hydrogen) atoms. The van der Waals surface area contributed by atoms with E-state index in [0.29, 0.717) is 10.6 Å². The van der Waals surface area contributed by atoms with Crippen molar-refractivity contribution in [2.75, 3.05) is 0 Å². The Labute approximate surface area is 136 Å². The van der Waals surface area contributed by atoms with Crippen LogP contribution in [0.2, 0.25) is 5.02 Å². The molecule has 0 spiro atoms. The van der Waals surface area contributed by atoms with Crippen LogP contribution < -0.4 is 0 Å². The van der Waals surface area contributed by atoms with Crippen LogP contribution in [0.15, 0.2) is 49.0 Å². The summed E-state index contributed by atoms with van der Waals surface area (Å²) in [5.41, 5.74) is 2.96. The van der Waals surface area contributed by atoms with Gasteiger partial charge in [-0.05, 0) is 67.8 Å². The highest BCUT2D eigenvalue weighted by Gasteiger charge is 2.17. The lowest BCUT2D eigenvalue weighted by atomic mass is 10.0. The number of ether oxygens (including phenoxy) is 1. The number of esters is 1. The van der Waals surface area contributed by atoms with E-state index in [1.54, 1.807) is 18.2 Å². The molecule has 114 valence electrons. The largest absolute Gasteiger partial charge is 0.456 e. The molecule has 0 N–H and O–H groups in total. The van der Waals surface area contributed by atoms with E-state index >= 15 is 0 Å². The average molecular weight is 315 g/mol. The lowest BCUT2D eigenvalue weighted by Gasteiger charge is -2.19. The summed E-state index contributed by atoms with van der Waals surface area (Å²) in [6.07, 6.45) is 1.75. The molecule has 0 amide bonds. The molecule has 0 radical (unpaired) electrons. The maximum absolute atomic E-state index is 12.0. The first-order chi connectivity index (χ1) is 10.3. The Hall–Kier alpha value is -2.06. The zero-order valence-electron chi connectivity index (χ0n) is 13.0. The Balaban J connectivity index is 2.27. The summed E-state index contributed by atoms with van der Waals surface area (Å²) in [5, 5.41) is 0.656. The Morgan fingerprint density at radius 1 is 1.09 bits per heavy atom. The maximum atomic E-state index is 12.0. The topological polar surface area (TPSA) is 26.3 Å². The zero-order chi connectivity index (χ0) is 16.3. The van der Waals surface area contributed by atoms with Crippen molar-refractivity contribution in [1.82, 2.24) is 0 Å². The number of carbonyl (C=O) groups excluding carboxylic acids is 1. The van der Waals surface area contributed by atoms with Crippen LogP contribution in [0.4, 0.5) is 0 Å². The second-order valence-corrected chi connectivity index (χ2v) is 6.49. The lowest BCUT2D eigenvalue weighted by molar-refractivity contribution is 0.00696. The van der Waals surface area contributed by atoms with Crippen molar-refractivity contribution < 1.29 is 9.53 Å². The predicted octanol–water partition coefficient (Wildman–Crippen LogP) is 5.61. The van der Waals surface area contributed by atoms with Crippen LogP contribution in [0.1, 0.15) is 36.7 Å². The summed E-state index contributed by atoms with van der Waals surface area (Å²) in [5.74, 6) is -0.322. The van der Waals surface area contributed by atoms with E-state index in [4.69, 9.17) is 16.3 Å². The highest BCUT2D eigenvalue weighted by Crippen LogP contribution is 2.26. The monoisotopic (exact) mass is 314 g/mol. The van der Waals surface area contributed by atoms with Gasteiger partial charge in [0.05, 0.1) is 5.56 Å². The first kappa shape index (κ1) is 16.3. The van der Waals surface area contributed by atoms with Gasteiger partial charge in [0.2, 0.25) is 0 Å². The highest BCUT2D eigenvalue weighted by molar-refractivity contribution is 6.31. The van der Waals surface area contributed by atoms with E-state index in [1.165, 1.54) is 0 Å². The van der Waals surface area contributed by atoms with E-state index < -0.39 is 5.60 Å². The van der Waals surface area contributed by atoms with E-state index in [9.17, 15) is 4.79 Å². The van der Waals surface area contributed by atoms with Crippen molar-refractivity contribution in [3.8, 4) is 11.1 Å². The van der Waals surface area contributed by atoms with Gasteiger partial charge in [0.25, 0.3) is 0 Å². The fourth-order valence-corrected chi connectivity index (χ4v) is 2.28. The van der Waals surface area contributed by atoms with Gasteiger partial charge in [-0.1, -0.05) is 36.4 Å². The van der Waals surface area contributed by atoms with Crippen molar-refractivity contribution in [3.63, 3.8) is 0 Å². The van der Waals surface area contributed by atoms with Crippen LogP contribution in [0.3, 0.4) is 0 Å². The molecule has 0 fully saturated rings. The third-order valence-corrected chi connectivity index (χ3v) is 3.23. The van der Waals surface area contributed by atoms with Crippen molar-refractivity contribution in [2.45, 2.75) is 26.4 Å². The molecule has 0 atom stereocenters. The molecule has 2 nitrogen and oxygen atoms in total. The van der Waals surface area contributed by atoms with Gasteiger partial charge in [0.15, 0.2) is 0 Å². The minimum Gasteiger partial charge on any atom is -0.456 e. The number of benzene rings is 2. The van der Waals surface area contributed by atoms with Crippen molar-refractivity contribution in [2.24, 2.45) is 0 Å². The molecule has 0 bridgehead atoms. The molecule has 2 aromatic carbocycles. The third-order valence-electron chi connectivity index (χ3n) is 3.01. The van der Waals surface area contributed by atoms with E-state index in [2.05, 4.69) is 6.58 Å². The SMILES string of the molecule is C=Cc1cc(Cl)cc(-c2ccc(C(=O)OC(C)(C)C)cc2)c1. The van der Waals surface area contributed by atoms with Crippen LogP contribution in [-0.2, 0) is 4.74 Å². The van der Waals surface area contributed by atoms with Gasteiger partial charge in [0, 0.05) is 5.02 Å². The van der Waals surface area contributed by atoms with Gasteiger partial charge in [0.1, 0.15) is 5.60 Å². The smallest absolute Gasteiger partial charge is 0.338 e. The molecule has 0 saturated heterocycles. The summed E-state index contributed by atoms with van der Waals surface area (Å²) >= 11 is 6.11. The van der Waals surface area contributed by atoms with Crippen LogP contribution in [0.25, 0.3) is 17.2 Å². The molecule has 0 unspecified atom stereocenters. The van der Waals surface area contributed by atoms with Gasteiger partial charge in [-0.25, -0.2) is 4.79 Å². The van der Waals surface area contributed by atoms with Crippen molar-refractivity contribution in [1.29, 1.82) is 0 Å². The summed E-state index contributed by atoms with van der Waals surface area (Å²) in [6, 6.07) is 13.0. The van der Waals surface area contributed by atoms with E-state index in [1.807, 2.05) is 51.1 Å². The number of carbonyl (C=O) groups is 1. The zero-order valence-corrected chi connectivity index (χ0v) is 13.8. The molecule has 2 aromatic rings. The minimum absolute atomic E-state index is 0.322. The standard InChI is InChI=1S/C19H19ClO2/c1-5-13-10-16(12-17(20)11-13)14-6-8-15(9-7-14)18(21)22-19(2,3)4/h5-12H,1H2,2-4H3. The Kier molecular flexibility index (Phi) is 4.72. The predicted molar refractivity (Wildman–Crippen MR) is 92.1 cm³/mol. The molecular weight excluding hydrogens is 296 g/mol. The van der Waals surface area contributed by atoms with E-state index in [0.717, 1.165) is 16.7 Å². The fourth-order valence-electron chi connectivity index (χ4n) is 2.03. The lowest BCUT2D eigenvalue weighted by Crippen LogP contribution is -2.23. The molecule has 0 heterocycles. The minimum atomic E-state index is -0.498. The second kappa shape index (κ2) is 6.37. The number of hydrogen-bond donors (Lipinski definition) is 0. The van der Waals surface area contributed by atoms with Gasteiger partial charge >= 0.3 is 5.97 Å². The molecule has 3 heteroatoms. The van der Waals surface area contributed by atoms with Gasteiger partial charge < -0.3 is 4.74 Å². The van der Waals surface area contributed by atoms with Crippen LogP contribution in [0.5, 0.6) is 0 Å². The number of rotatable bonds is 3. The Bertz CT molecular complexity index is 694. The first-order valence-electron chi connectivity index (χ1n) is 7.05. The molecule has 0 aliphatic heterocycles. The Morgan fingerprint density at radius 2 is 1.73 bits per heavy atom. The Morgan fingerprint density at radius 3 is 2.27 bits per heavy atom. The summed E-state index contributed by atoms with van der Waals surface area (Å²) in [4.78, 5) is 12.0. The maximum Gasteiger partial charge on any atom is 0.338 e. The normalized spacial score (nSPS) is 11.1. The summed E-state index contributed by atoms with van der Waals surface area (Å²) < 4.78 is 5.35. The van der Waals surface area contributed by atoms with Crippen LogP contribution in [-0.4, -0.2) is 11.6 Å². The molecular formula is C19H19ClO2. The van der Waals surface area contributed by atoms with Gasteiger partial charge in [-0.3, -0.25) is 0 Å². The van der Waals surface area contributed by atoms with Crippen molar-refractivity contribution >= 4 is 23.6 Å². The van der Waals surface area contributed by atoms with Crippen LogP contribution >= 0.6 is 11.6 Å². The van der Waals surface area contributed by atoms with Crippen molar-refractivity contribution in [3.05, 3.63) is 65.2 Å². The molecule has 0 aromatic heterocycles. The van der Waals surface area contributed by atoms with Gasteiger partial charge in [-0.15, -0.1) is 0 Å². The number of hydrogen-bond acceptors (Lipinski definition) is 2. The summed E-state index contributed by atoms with van der Waals surface area (Å²) in [6.45, 7) is 9.31. The third kappa shape index (κ3) is 4.22. The second-order valence-electron chi connectivity index (χ2n) is 6.06. The molecule has 0 saturated carbocycles. The average Bonchev–Trinajstić information content (AvgIpc) is 2.45. The molecule has 0 aliphatic rings. The molecule has 2 rings (SSSR count). The number of halogens is 1. The van der Waals surface area contributed by atoms with E-state index in [-0.39, 0.29) is 5.97 Å². The van der Waals surface area contributed by atoms with Gasteiger partial charge in [-0.2, -0.15) is 0 Å². The molecule has 0 aliphatic carbocycles. The van der Waals surface area contributed by atoms with Crippen LogP contribution in [0, 0.1) is 0 Å². The first-order valence-corrected chi connectivity index (χ1v) is 7.43.